The maximum absolute atomic E-state index is 12.5. The second-order valence-electron chi connectivity index (χ2n) is 8.14. The Labute approximate surface area is 180 Å². The molecular formula is C21H27N7O3. The molecule has 1 aliphatic carbocycles. The van der Waals surface area contributed by atoms with E-state index in [4.69, 9.17) is 0 Å². The summed E-state index contributed by atoms with van der Waals surface area (Å²) in [5, 5.41) is 17.4. The van der Waals surface area contributed by atoms with Crippen molar-refractivity contribution in [2.45, 2.75) is 32.7 Å². The smallest absolute Gasteiger partial charge is 0.329 e. The van der Waals surface area contributed by atoms with Gasteiger partial charge in [-0.3, -0.25) is 19.8 Å². The topological polar surface area (TPSA) is 117 Å². The van der Waals surface area contributed by atoms with Crippen molar-refractivity contribution in [2.24, 2.45) is 0 Å². The molecule has 4 rings (SSSR count). The highest BCUT2D eigenvalue weighted by molar-refractivity contribution is 5.93. The van der Waals surface area contributed by atoms with E-state index in [0.717, 1.165) is 29.7 Å². The molecule has 31 heavy (non-hydrogen) atoms. The number of aromatic nitrogens is 2. The van der Waals surface area contributed by atoms with E-state index in [1.165, 1.54) is 6.20 Å². The lowest BCUT2D eigenvalue weighted by Crippen LogP contribution is -2.49. The molecule has 10 nitrogen and oxygen atoms in total. The number of rotatable bonds is 7. The van der Waals surface area contributed by atoms with Crippen molar-refractivity contribution >= 4 is 29.0 Å². The summed E-state index contributed by atoms with van der Waals surface area (Å²) in [6.07, 6.45) is 3.27. The first-order valence-corrected chi connectivity index (χ1v) is 10.5. The summed E-state index contributed by atoms with van der Waals surface area (Å²) in [5.74, 6) is 0.728. The number of carbonyl (C=O) groups excluding carboxylic acids is 1. The molecule has 2 aliphatic rings. The molecule has 1 aromatic carbocycles. The largest absolute Gasteiger partial charge is 0.361 e. The van der Waals surface area contributed by atoms with E-state index in [1.54, 1.807) is 0 Å². The van der Waals surface area contributed by atoms with Crippen LogP contribution in [0.2, 0.25) is 0 Å². The first-order chi connectivity index (χ1) is 14.9. The number of nitrogens with zero attached hydrogens (tertiary/aromatic N) is 5. The number of benzene rings is 1. The number of hydrogen-bond donors (Lipinski definition) is 2. The van der Waals surface area contributed by atoms with Crippen LogP contribution in [0.3, 0.4) is 0 Å². The van der Waals surface area contributed by atoms with Crippen LogP contribution in [0.15, 0.2) is 24.4 Å². The van der Waals surface area contributed by atoms with E-state index in [-0.39, 0.29) is 23.5 Å². The zero-order valence-electron chi connectivity index (χ0n) is 17.8. The van der Waals surface area contributed by atoms with Crippen molar-refractivity contribution in [3.63, 3.8) is 0 Å². The molecule has 2 N–H and O–H groups in total. The van der Waals surface area contributed by atoms with Gasteiger partial charge in [-0.25, -0.2) is 4.98 Å². The molecule has 2 fully saturated rings. The summed E-state index contributed by atoms with van der Waals surface area (Å²) in [5.41, 5.74) is 2.97. The molecule has 1 saturated heterocycles. The van der Waals surface area contributed by atoms with Gasteiger partial charge in [-0.2, -0.15) is 4.98 Å². The van der Waals surface area contributed by atoms with E-state index < -0.39 is 4.92 Å². The van der Waals surface area contributed by atoms with E-state index in [9.17, 15) is 14.9 Å². The molecular weight excluding hydrogens is 398 g/mol. The number of amides is 1. The van der Waals surface area contributed by atoms with Crippen LogP contribution in [0.1, 0.15) is 24.0 Å². The Morgan fingerprint density at radius 1 is 1.23 bits per heavy atom. The quantitative estimate of drug-likeness (QED) is 0.513. The lowest BCUT2D eigenvalue weighted by Gasteiger charge is -2.34. The Morgan fingerprint density at radius 3 is 2.65 bits per heavy atom. The van der Waals surface area contributed by atoms with Gasteiger partial charge in [-0.1, -0.05) is 12.1 Å². The van der Waals surface area contributed by atoms with Crippen LogP contribution in [-0.2, 0) is 4.79 Å². The third kappa shape index (κ3) is 5.08. The fourth-order valence-corrected chi connectivity index (χ4v) is 3.56. The van der Waals surface area contributed by atoms with Gasteiger partial charge in [-0.05, 0) is 43.9 Å². The van der Waals surface area contributed by atoms with Gasteiger partial charge in [0.15, 0.2) is 0 Å². The minimum absolute atomic E-state index is 0.0374. The van der Waals surface area contributed by atoms with Gasteiger partial charge >= 0.3 is 5.69 Å². The number of aryl methyl sites for hydroxylation is 1. The predicted octanol–water partition coefficient (Wildman–Crippen LogP) is 2.34. The lowest BCUT2D eigenvalue weighted by atomic mass is 10.1. The molecule has 10 heteroatoms. The van der Waals surface area contributed by atoms with Crippen LogP contribution >= 0.6 is 0 Å². The summed E-state index contributed by atoms with van der Waals surface area (Å²) >= 11 is 0. The van der Waals surface area contributed by atoms with Gasteiger partial charge in [0.1, 0.15) is 6.20 Å². The van der Waals surface area contributed by atoms with Gasteiger partial charge < -0.3 is 15.5 Å². The second-order valence-corrected chi connectivity index (χ2v) is 8.14. The summed E-state index contributed by atoms with van der Waals surface area (Å²) in [4.78, 5) is 36.0. The highest BCUT2D eigenvalue weighted by atomic mass is 16.6. The third-order valence-corrected chi connectivity index (χ3v) is 5.77. The van der Waals surface area contributed by atoms with Crippen LogP contribution in [-0.4, -0.2) is 64.5 Å². The Kier molecular flexibility index (Phi) is 5.99. The van der Waals surface area contributed by atoms with E-state index in [0.29, 0.717) is 38.7 Å². The molecule has 0 unspecified atom stereocenters. The number of hydrogen-bond acceptors (Lipinski definition) is 8. The van der Waals surface area contributed by atoms with Gasteiger partial charge in [-0.15, -0.1) is 0 Å². The van der Waals surface area contributed by atoms with Crippen LogP contribution in [0.4, 0.5) is 23.1 Å². The number of nitrogens with one attached hydrogen (secondary N) is 2. The zero-order valence-corrected chi connectivity index (χ0v) is 17.8. The Hall–Kier alpha value is -3.27. The molecule has 0 radical (unpaired) electrons. The number of nitro groups is 1. The van der Waals surface area contributed by atoms with Gasteiger partial charge in [0.25, 0.3) is 0 Å². The summed E-state index contributed by atoms with van der Waals surface area (Å²) in [6, 6.07) is 6.13. The molecule has 0 bridgehead atoms. The molecule has 1 aromatic heterocycles. The van der Waals surface area contributed by atoms with Gasteiger partial charge in [0.2, 0.25) is 17.7 Å². The van der Waals surface area contributed by atoms with Crippen LogP contribution in [0.5, 0.6) is 0 Å². The molecule has 1 aliphatic heterocycles. The van der Waals surface area contributed by atoms with Crippen molar-refractivity contribution < 1.29 is 9.72 Å². The molecule has 2 aromatic rings. The number of carbonyl (C=O) groups is 1. The summed E-state index contributed by atoms with van der Waals surface area (Å²) in [7, 11) is 0. The van der Waals surface area contributed by atoms with Crippen molar-refractivity contribution in [2.75, 3.05) is 48.3 Å². The predicted molar refractivity (Wildman–Crippen MR) is 119 cm³/mol. The molecule has 2 heterocycles. The van der Waals surface area contributed by atoms with Crippen LogP contribution in [0.25, 0.3) is 0 Å². The number of piperazine rings is 1. The fraction of sp³-hybridized carbons (Fsp3) is 0.476. The minimum Gasteiger partial charge on any atom is -0.361 e. The maximum Gasteiger partial charge on any atom is 0.329 e. The Morgan fingerprint density at radius 2 is 1.97 bits per heavy atom. The summed E-state index contributed by atoms with van der Waals surface area (Å²) in [6.45, 7) is 7.01. The second kappa shape index (κ2) is 8.84. The minimum atomic E-state index is -0.457. The van der Waals surface area contributed by atoms with E-state index in [2.05, 4.69) is 25.5 Å². The Bertz CT molecular complexity index is 985. The Balaban J connectivity index is 1.33. The van der Waals surface area contributed by atoms with Crippen molar-refractivity contribution in [1.82, 2.24) is 14.9 Å². The van der Waals surface area contributed by atoms with Crippen molar-refractivity contribution in [3.8, 4) is 0 Å². The first kappa shape index (κ1) is 21.0. The third-order valence-electron chi connectivity index (χ3n) is 5.77. The average molecular weight is 425 g/mol. The van der Waals surface area contributed by atoms with Crippen molar-refractivity contribution in [1.29, 1.82) is 0 Å². The SMILES string of the molecule is Cc1cccc(NC(=O)CN2CCN(c3ncc([N+](=O)[O-])c(NC4CC4)n3)CC2)c1C. The normalized spacial score (nSPS) is 16.8. The number of anilines is 3. The highest BCUT2D eigenvalue weighted by Crippen LogP contribution is 2.30. The molecule has 0 atom stereocenters. The molecule has 0 spiro atoms. The van der Waals surface area contributed by atoms with Crippen molar-refractivity contribution in [3.05, 3.63) is 45.6 Å². The molecule has 164 valence electrons. The maximum atomic E-state index is 12.5. The van der Waals surface area contributed by atoms with Crippen LogP contribution in [0, 0.1) is 24.0 Å². The standard InChI is InChI=1S/C21H27N7O3/c1-14-4-3-5-17(15(14)2)24-19(29)13-26-8-10-27(11-9-26)21-22-12-18(28(30)31)20(25-21)23-16-6-7-16/h3-5,12,16H,6-11,13H2,1-2H3,(H,24,29)(H,22,23,25). The average Bonchev–Trinajstić information content (AvgIpc) is 3.56. The van der Waals surface area contributed by atoms with Gasteiger partial charge in [0.05, 0.1) is 11.5 Å². The summed E-state index contributed by atoms with van der Waals surface area (Å²) < 4.78 is 0. The van der Waals surface area contributed by atoms with E-state index >= 15 is 0 Å². The van der Waals surface area contributed by atoms with E-state index in [1.807, 2.05) is 36.9 Å². The lowest BCUT2D eigenvalue weighted by molar-refractivity contribution is -0.384. The van der Waals surface area contributed by atoms with Crippen LogP contribution < -0.4 is 15.5 Å². The van der Waals surface area contributed by atoms with Gasteiger partial charge in [0, 0.05) is 37.9 Å². The zero-order chi connectivity index (χ0) is 22.0. The first-order valence-electron chi connectivity index (χ1n) is 10.5. The molecule has 1 amide bonds. The monoisotopic (exact) mass is 425 g/mol. The fourth-order valence-electron chi connectivity index (χ4n) is 3.56. The highest BCUT2D eigenvalue weighted by Gasteiger charge is 2.28. The molecule has 1 saturated carbocycles.